The van der Waals surface area contributed by atoms with Crippen molar-refractivity contribution in [2.75, 3.05) is 0 Å². The zero-order valence-electron chi connectivity index (χ0n) is 11.1. The second-order valence-electron chi connectivity index (χ2n) is 4.34. The van der Waals surface area contributed by atoms with E-state index in [9.17, 15) is 0 Å². The molecule has 0 amide bonds. The maximum Gasteiger partial charge on any atom is 0.225 e. The van der Waals surface area contributed by atoms with Gasteiger partial charge < -0.3 is 10.5 Å². The number of hydrogen-bond acceptors (Lipinski definition) is 5. The van der Waals surface area contributed by atoms with Gasteiger partial charge in [0, 0.05) is 5.39 Å². The molecule has 4 rings (SSSR count). The molecule has 0 saturated heterocycles. The number of aromatic nitrogens is 5. The number of pyridine rings is 1. The molecule has 0 unspecified atom stereocenters. The molecule has 1 aromatic carbocycles. The largest absolute Gasteiger partial charge is 0.412 e. The highest BCUT2D eigenvalue weighted by Crippen LogP contribution is 2.30. The van der Waals surface area contributed by atoms with Crippen LogP contribution in [-0.4, -0.2) is 30.4 Å². The van der Waals surface area contributed by atoms with Gasteiger partial charge in [-0.25, -0.2) is 15.0 Å². The number of nitrogens with zero attached hydrogens (tertiary/aromatic N) is 4. The smallest absolute Gasteiger partial charge is 0.225 e. The van der Waals surface area contributed by atoms with Crippen LogP contribution < -0.4 is 0 Å². The first kappa shape index (κ1) is 14.7. The molecule has 4 aromatic rings. The van der Waals surface area contributed by atoms with Crippen molar-refractivity contribution in [2.24, 2.45) is 0 Å². The standard InChI is InChI=1S/C14H8ClN5S.H2O/c15-14-19-12-11(16-7-17-12)13(20-14)21-10-6-5-8-3-1-2-4-9(8)18-10;/h1-7H,(H,16,17,19,20);1H2. The number of fused-ring (bicyclic) bond motifs is 2. The maximum atomic E-state index is 5.93. The number of nitrogens with one attached hydrogen (secondary N) is 1. The van der Waals surface area contributed by atoms with E-state index >= 15 is 0 Å². The molecule has 3 aromatic heterocycles. The SMILES string of the molecule is Clc1nc(Sc2ccc3ccccc3n2)c2[nH]cnc2n1.O. The van der Waals surface area contributed by atoms with Gasteiger partial charge in [-0.3, -0.25) is 0 Å². The van der Waals surface area contributed by atoms with Crippen LogP contribution >= 0.6 is 23.4 Å². The molecular weight excluding hydrogens is 322 g/mol. The number of imidazole rings is 1. The lowest BCUT2D eigenvalue weighted by Crippen LogP contribution is -1.90. The zero-order valence-corrected chi connectivity index (χ0v) is 12.7. The molecule has 0 fully saturated rings. The minimum Gasteiger partial charge on any atom is -0.412 e. The minimum absolute atomic E-state index is 0. The molecule has 3 N–H and O–H groups in total. The summed E-state index contributed by atoms with van der Waals surface area (Å²) in [5, 5.41) is 2.84. The molecule has 0 aliphatic heterocycles. The molecule has 0 bridgehead atoms. The number of rotatable bonds is 2. The number of hydrogen-bond donors (Lipinski definition) is 1. The molecule has 22 heavy (non-hydrogen) atoms. The van der Waals surface area contributed by atoms with Crippen LogP contribution in [0.4, 0.5) is 0 Å². The zero-order chi connectivity index (χ0) is 14.2. The van der Waals surface area contributed by atoms with Gasteiger partial charge in [0.15, 0.2) is 5.65 Å². The van der Waals surface area contributed by atoms with Crippen LogP contribution in [0.5, 0.6) is 0 Å². The predicted molar refractivity (Wildman–Crippen MR) is 86.2 cm³/mol. The van der Waals surface area contributed by atoms with Crippen molar-refractivity contribution in [1.29, 1.82) is 0 Å². The number of H-pyrrole nitrogens is 1. The fraction of sp³-hybridized carbons (Fsp3) is 0. The number of para-hydroxylation sites is 1. The van der Waals surface area contributed by atoms with Crippen LogP contribution in [0.25, 0.3) is 22.1 Å². The summed E-state index contributed by atoms with van der Waals surface area (Å²) >= 11 is 7.36. The van der Waals surface area contributed by atoms with Crippen LogP contribution in [0.2, 0.25) is 5.28 Å². The third kappa shape index (κ3) is 2.61. The predicted octanol–water partition coefficient (Wildman–Crippen LogP) is 2.88. The quantitative estimate of drug-likeness (QED) is 0.449. The van der Waals surface area contributed by atoms with Crippen molar-refractivity contribution in [2.45, 2.75) is 10.1 Å². The Morgan fingerprint density at radius 2 is 1.86 bits per heavy atom. The van der Waals surface area contributed by atoms with Gasteiger partial charge in [0.05, 0.1) is 11.8 Å². The normalized spacial score (nSPS) is 10.8. The summed E-state index contributed by atoms with van der Waals surface area (Å²) < 4.78 is 0. The van der Waals surface area contributed by atoms with E-state index in [0.29, 0.717) is 10.7 Å². The lowest BCUT2D eigenvalue weighted by molar-refractivity contribution is 0.824. The first-order chi connectivity index (χ1) is 10.3. The fourth-order valence-electron chi connectivity index (χ4n) is 2.06. The van der Waals surface area contributed by atoms with Crippen molar-refractivity contribution < 1.29 is 5.48 Å². The van der Waals surface area contributed by atoms with Gasteiger partial charge in [-0.15, -0.1) is 0 Å². The van der Waals surface area contributed by atoms with Crippen LogP contribution in [0.1, 0.15) is 0 Å². The fourth-order valence-corrected chi connectivity index (χ4v) is 3.14. The van der Waals surface area contributed by atoms with Crippen LogP contribution in [-0.2, 0) is 0 Å². The first-order valence-corrected chi connectivity index (χ1v) is 7.39. The van der Waals surface area contributed by atoms with Crippen molar-refractivity contribution in [3.63, 3.8) is 0 Å². The number of benzene rings is 1. The van der Waals surface area contributed by atoms with E-state index < -0.39 is 0 Å². The van der Waals surface area contributed by atoms with Gasteiger partial charge >= 0.3 is 0 Å². The Morgan fingerprint density at radius 3 is 2.77 bits per heavy atom. The maximum absolute atomic E-state index is 5.93. The summed E-state index contributed by atoms with van der Waals surface area (Å²) in [6, 6.07) is 12.0. The van der Waals surface area contributed by atoms with Gasteiger partial charge in [-0.05, 0) is 35.5 Å². The highest BCUT2D eigenvalue weighted by atomic mass is 35.5. The van der Waals surface area contributed by atoms with E-state index in [1.165, 1.54) is 11.8 Å². The highest BCUT2D eigenvalue weighted by Gasteiger charge is 2.11. The Morgan fingerprint density at radius 1 is 1.00 bits per heavy atom. The van der Waals surface area contributed by atoms with Crippen molar-refractivity contribution in [3.05, 3.63) is 48.0 Å². The Kier molecular flexibility index (Phi) is 3.93. The molecule has 0 saturated carbocycles. The summed E-state index contributed by atoms with van der Waals surface area (Å²) in [6.07, 6.45) is 1.58. The van der Waals surface area contributed by atoms with Crippen molar-refractivity contribution in [1.82, 2.24) is 24.9 Å². The van der Waals surface area contributed by atoms with E-state index in [1.807, 2.05) is 36.4 Å². The average Bonchev–Trinajstić information content (AvgIpc) is 2.95. The molecule has 8 heteroatoms. The Bertz CT molecular complexity index is 958. The molecule has 6 nitrogen and oxygen atoms in total. The van der Waals surface area contributed by atoms with E-state index in [4.69, 9.17) is 11.6 Å². The second-order valence-corrected chi connectivity index (χ2v) is 5.69. The Hall–Kier alpha value is -2.22. The van der Waals surface area contributed by atoms with Crippen molar-refractivity contribution >= 4 is 45.4 Å². The monoisotopic (exact) mass is 331 g/mol. The Labute approximate surface area is 134 Å². The van der Waals surface area contributed by atoms with E-state index in [2.05, 4.69) is 24.9 Å². The Balaban J connectivity index is 0.00000144. The summed E-state index contributed by atoms with van der Waals surface area (Å²) in [5.41, 5.74) is 2.26. The highest BCUT2D eigenvalue weighted by molar-refractivity contribution is 7.99. The van der Waals surface area contributed by atoms with Gasteiger partial charge in [-0.2, -0.15) is 4.98 Å². The van der Waals surface area contributed by atoms with Crippen LogP contribution in [0, 0.1) is 0 Å². The molecule has 3 heterocycles. The third-order valence-corrected chi connectivity index (χ3v) is 4.09. The summed E-state index contributed by atoms with van der Waals surface area (Å²) in [5.74, 6) is 0. The van der Waals surface area contributed by atoms with Gasteiger partial charge in [0.2, 0.25) is 5.28 Å². The second kappa shape index (κ2) is 5.88. The van der Waals surface area contributed by atoms with Crippen molar-refractivity contribution in [3.8, 4) is 0 Å². The number of aromatic amines is 1. The average molecular weight is 332 g/mol. The van der Waals surface area contributed by atoms with E-state index in [1.54, 1.807) is 6.33 Å². The van der Waals surface area contributed by atoms with Gasteiger partial charge in [0.1, 0.15) is 15.6 Å². The van der Waals surface area contributed by atoms with E-state index in [-0.39, 0.29) is 10.8 Å². The molecule has 0 radical (unpaired) electrons. The number of halogens is 1. The summed E-state index contributed by atoms with van der Waals surface area (Å²) in [4.78, 5) is 20.1. The molecular formula is C14H10ClN5OS. The molecule has 0 spiro atoms. The summed E-state index contributed by atoms with van der Waals surface area (Å²) in [6.45, 7) is 0. The van der Waals surface area contributed by atoms with E-state index in [0.717, 1.165) is 21.4 Å². The minimum atomic E-state index is 0. The third-order valence-electron chi connectivity index (χ3n) is 3.00. The topological polar surface area (TPSA) is 98.8 Å². The van der Waals surface area contributed by atoms with Crippen LogP contribution in [0.3, 0.4) is 0 Å². The molecule has 110 valence electrons. The molecule has 0 aliphatic carbocycles. The lowest BCUT2D eigenvalue weighted by Gasteiger charge is -2.03. The van der Waals surface area contributed by atoms with Gasteiger partial charge in [-0.1, -0.05) is 24.3 Å². The van der Waals surface area contributed by atoms with Crippen LogP contribution in [0.15, 0.2) is 52.8 Å². The molecule has 0 aliphatic rings. The lowest BCUT2D eigenvalue weighted by atomic mass is 10.2. The molecule has 0 atom stereocenters. The van der Waals surface area contributed by atoms with Gasteiger partial charge in [0.25, 0.3) is 0 Å². The first-order valence-electron chi connectivity index (χ1n) is 6.20. The summed E-state index contributed by atoms with van der Waals surface area (Å²) in [7, 11) is 0.